The van der Waals surface area contributed by atoms with Crippen LogP contribution in [0.2, 0.25) is 0 Å². The highest BCUT2D eigenvalue weighted by molar-refractivity contribution is 5.39. The first-order valence-electron chi connectivity index (χ1n) is 9.09. The van der Waals surface area contributed by atoms with Crippen molar-refractivity contribution in [3.63, 3.8) is 0 Å². The number of nitrogens with zero attached hydrogens (tertiary/aromatic N) is 2. The minimum absolute atomic E-state index is 0.653. The minimum Gasteiger partial charge on any atom is -0.490 e. The van der Waals surface area contributed by atoms with Gasteiger partial charge in [-0.15, -0.1) is 0 Å². The lowest BCUT2D eigenvalue weighted by atomic mass is 10.1. The lowest BCUT2D eigenvalue weighted by Gasteiger charge is -2.19. The maximum Gasteiger partial charge on any atom is 0.161 e. The highest BCUT2D eigenvalue weighted by atomic mass is 16.5. The summed E-state index contributed by atoms with van der Waals surface area (Å²) < 4.78 is 11.5. The van der Waals surface area contributed by atoms with Crippen LogP contribution < -0.4 is 9.47 Å². The zero-order valence-electron chi connectivity index (χ0n) is 15.3. The second-order valence-electron chi connectivity index (χ2n) is 6.53. The van der Waals surface area contributed by atoms with Crippen molar-refractivity contribution in [1.82, 2.24) is 9.80 Å². The molecule has 0 aliphatic carbocycles. The van der Waals surface area contributed by atoms with Crippen LogP contribution in [0.1, 0.15) is 18.1 Å². The van der Waals surface area contributed by atoms with Gasteiger partial charge in [0, 0.05) is 26.2 Å². The summed E-state index contributed by atoms with van der Waals surface area (Å²) in [6.45, 7) is 10.6. The molecule has 1 aliphatic heterocycles. The van der Waals surface area contributed by atoms with Gasteiger partial charge in [0.2, 0.25) is 0 Å². The van der Waals surface area contributed by atoms with Crippen LogP contribution in [0.3, 0.4) is 0 Å². The van der Waals surface area contributed by atoms with E-state index in [-0.39, 0.29) is 0 Å². The van der Waals surface area contributed by atoms with Crippen LogP contribution in [0.4, 0.5) is 0 Å². The smallest absolute Gasteiger partial charge is 0.161 e. The van der Waals surface area contributed by atoms with Gasteiger partial charge in [-0.05, 0) is 31.5 Å². The topological polar surface area (TPSA) is 24.9 Å². The molecule has 25 heavy (non-hydrogen) atoms. The molecule has 1 saturated heterocycles. The number of benzene rings is 2. The monoisotopic (exact) mass is 340 g/mol. The third-order valence-electron chi connectivity index (χ3n) is 4.47. The summed E-state index contributed by atoms with van der Waals surface area (Å²) in [5.41, 5.74) is 2.70. The lowest BCUT2D eigenvalue weighted by molar-refractivity contribution is 0.196. The standard InChI is InChI=1S/C21H28N2O2/c1-3-24-20-6-4-5-7-21(20)25-15-14-22-12-13-23(17-22)16-19-10-8-18(2)9-11-19/h4-11H,3,12-17H2,1-2H3. The lowest BCUT2D eigenvalue weighted by Crippen LogP contribution is -2.29. The molecule has 4 heteroatoms. The predicted molar refractivity (Wildman–Crippen MR) is 101 cm³/mol. The quantitative estimate of drug-likeness (QED) is 0.734. The fourth-order valence-electron chi connectivity index (χ4n) is 3.10. The van der Waals surface area contributed by atoms with E-state index in [1.165, 1.54) is 11.1 Å². The zero-order chi connectivity index (χ0) is 17.5. The van der Waals surface area contributed by atoms with E-state index in [1.807, 2.05) is 31.2 Å². The molecular weight excluding hydrogens is 312 g/mol. The summed E-state index contributed by atoms with van der Waals surface area (Å²) in [6, 6.07) is 16.7. The van der Waals surface area contributed by atoms with E-state index in [0.29, 0.717) is 13.2 Å². The third-order valence-corrected chi connectivity index (χ3v) is 4.47. The Balaban J connectivity index is 1.42. The molecule has 1 fully saturated rings. The van der Waals surface area contributed by atoms with E-state index in [0.717, 1.165) is 44.3 Å². The molecule has 2 aromatic carbocycles. The van der Waals surface area contributed by atoms with Crippen molar-refractivity contribution in [2.45, 2.75) is 20.4 Å². The number of ether oxygens (including phenoxy) is 2. The molecule has 0 unspecified atom stereocenters. The molecular formula is C21H28N2O2. The van der Waals surface area contributed by atoms with Gasteiger partial charge in [0.1, 0.15) is 6.61 Å². The predicted octanol–water partition coefficient (Wildman–Crippen LogP) is 3.55. The molecule has 0 radical (unpaired) electrons. The van der Waals surface area contributed by atoms with Crippen LogP contribution in [0.5, 0.6) is 11.5 Å². The molecule has 0 amide bonds. The maximum absolute atomic E-state index is 5.93. The molecule has 0 spiro atoms. The van der Waals surface area contributed by atoms with E-state index in [9.17, 15) is 0 Å². The molecule has 1 aliphatic rings. The highest BCUT2D eigenvalue weighted by Crippen LogP contribution is 2.26. The number of para-hydroxylation sites is 2. The van der Waals surface area contributed by atoms with Gasteiger partial charge in [-0.25, -0.2) is 0 Å². The van der Waals surface area contributed by atoms with Gasteiger partial charge in [0.25, 0.3) is 0 Å². The summed E-state index contributed by atoms with van der Waals surface area (Å²) in [6.07, 6.45) is 0. The Labute approximate surface area is 151 Å². The molecule has 1 heterocycles. The molecule has 0 atom stereocenters. The van der Waals surface area contributed by atoms with E-state index < -0.39 is 0 Å². The Bertz CT molecular complexity index is 657. The number of aryl methyl sites for hydroxylation is 1. The minimum atomic E-state index is 0.653. The van der Waals surface area contributed by atoms with Crippen molar-refractivity contribution in [3.05, 3.63) is 59.7 Å². The Morgan fingerprint density at radius 2 is 1.56 bits per heavy atom. The van der Waals surface area contributed by atoms with Crippen LogP contribution in [0, 0.1) is 6.92 Å². The second kappa shape index (κ2) is 8.88. The van der Waals surface area contributed by atoms with Crippen molar-refractivity contribution >= 4 is 0 Å². The van der Waals surface area contributed by atoms with Crippen molar-refractivity contribution in [2.75, 3.05) is 39.5 Å². The number of rotatable bonds is 8. The molecule has 0 aromatic heterocycles. The maximum atomic E-state index is 5.93. The summed E-state index contributed by atoms with van der Waals surface area (Å²) in [4.78, 5) is 4.93. The van der Waals surface area contributed by atoms with Gasteiger partial charge >= 0.3 is 0 Å². The van der Waals surface area contributed by atoms with Crippen LogP contribution >= 0.6 is 0 Å². The van der Waals surface area contributed by atoms with E-state index in [4.69, 9.17) is 9.47 Å². The molecule has 4 nitrogen and oxygen atoms in total. The summed E-state index contributed by atoms with van der Waals surface area (Å²) in [5, 5.41) is 0. The van der Waals surface area contributed by atoms with E-state index in [1.54, 1.807) is 0 Å². The molecule has 0 bridgehead atoms. The van der Waals surface area contributed by atoms with Gasteiger partial charge in [0.05, 0.1) is 13.3 Å². The third kappa shape index (κ3) is 5.21. The van der Waals surface area contributed by atoms with Crippen molar-refractivity contribution in [2.24, 2.45) is 0 Å². The SMILES string of the molecule is CCOc1ccccc1OCCN1CCN(Cc2ccc(C)cc2)C1. The average molecular weight is 340 g/mol. The normalized spacial score (nSPS) is 15.4. The zero-order valence-corrected chi connectivity index (χ0v) is 15.3. The Kier molecular flexibility index (Phi) is 6.31. The summed E-state index contributed by atoms with van der Waals surface area (Å²) in [7, 11) is 0. The van der Waals surface area contributed by atoms with E-state index >= 15 is 0 Å². The average Bonchev–Trinajstić information content (AvgIpc) is 3.06. The van der Waals surface area contributed by atoms with Gasteiger partial charge < -0.3 is 9.47 Å². The van der Waals surface area contributed by atoms with Gasteiger partial charge in [-0.2, -0.15) is 0 Å². The first kappa shape index (κ1) is 17.8. The molecule has 0 saturated carbocycles. The largest absolute Gasteiger partial charge is 0.490 e. The van der Waals surface area contributed by atoms with Crippen LogP contribution in [-0.4, -0.2) is 49.3 Å². The Hall–Kier alpha value is -2.04. The summed E-state index contributed by atoms with van der Waals surface area (Å²) >= 11 is 0. The second-order valence-corrected chi connectivity index (χ2v) is 6.53. The first-order chi connectivity index (χ1) is 12.2. The van der Waals surface area contributed by atoms with Crippen LogP contribution in [-0.2, 0) is 6.54 Å². The number of hydrogen-bond acceptors (Lipinski definition) is 4. The Morgan fingerprint density at radius 3 is 2.28 bits per heavy atom. The molecule has 3 rings (SSSR count). The van der Waals surface area contributed by atoms with E-state index in [2.05, 4.69) is 41.0 Å². The number of hydrogen-bond donors (Lipinski definition) is 0. The van der Waals surface area contributed by atoms with Crippen LogP contribution in [0.25, 0.3) is 0 Å². The summed E-state index contributed by atoms with van der Waals surface area (Å²) in [5.74, 6) is 1.66. The van der Waals surface area contributed by atoms with Gasteiger partial charge in [-0.1, -0.05) is 42.0 Å². The van der Waals surface area contributed by atoms with Gasteiger partial charge in [0.15, 0.2) is 11.5 Å². The molecule has 134 valence electrons. The van der Waals surface area contributed by atoms with Gasteiger partial charge in [-0.3, -0.25) is 9.80 Å². The van der Waals surface area contributed by atoms with Crippen molar-refractivity contribution in [3.8, 4) is 11.5 Å². The fraction of sp³-hybridized carbons (Fsp3) is 0.429. The fourth-order valence-corrected chi connectivity index (χ4v) is 3.10. The van der Waals surface area contributed by atoms with Crippen molar-refractivity contribution in [1.29, 1.82) is 0 Å². The highest BCUT2D eigenvalue weighted by Gasteiger charge is 2.19. The van der Waals surface area contributed by atoms with Crippen molar-refractivity contribution < 1.29 is 9.47 Å². The first-order valence-corrected chi connectivity index (χ1v) is 9.09. The van der Waals surface area contributed by atoms with Crippen LogP contribution in [0.15, 0.2) is 48.5 Å². The molecule has 0 N–H and O–H groups in total. The molecule has 2 aromatic rings. The Morgan fingerprint density at radius 1 is 0.880 bits per heavy atom.